The molecule has 2 unspecified atom stereocenters. The van der Waals surface area contributed by atoms with Gasteiger partial charge < -0.3 is 10.6 Å². The van der Waals surface area contributed by atoms with Crippen LogP contribution in [0.1, 0.15) is 37.4 Å². The van der Waals surface area contributed by atoms with E-state index in [0.717, 1.165) is 11.1 Å². The van der Waals surface area contributed by atoms with Crippen LogP contribution in [0.25, 0.3) is 0 Å². The van der Waals surface area contributed by atoms with E-state index in [2.05, 4.69) is 0 Å². The number of rotatable bonds is 4. The molecule has 2 amide bonds. The molecule has 1 aromatic rings. The van der Waals surface area contributed by atoms with E-state index in [9.17, 15) is 14.4 Å². The second kappa shape index (κ2) is 6.08. The zero-order valence-corrected chi connectivity index (χ0v) is 12.3. The monoisotopic (exact) mass is 288 g/mol. The molecule has 0 saturated heterocycles. The molecule has 1 aliphatic rings. The number of ketones is 1. The zero-order chi connectivity index (χ0) is 15.6. The molecule has 0 bridgehead atoms. The molecule has 0 aromatic heterocycles. The van der Waals surface area contributed by atoms with Crippen molar-refractivity contribution in [1.29, 1.82) is 0 Å². The molecule has 21 heavy (non-hydrogen) atoms. The minimum absolute atomic E-state index is 0.0311. The number of Topliss-reactive ketones (excluding diaryl/α,β-unsaturated/α-hetero) is 1. The summed E-state index contributed by atoms with van der Waals surface area (Å²) < 4.78 is 0. The molecule has 0 fully saturated rings. The summed E-state index contributed by atoms with van der Waals surface area (Å²) in [6.07, 6.45) is 0.807. The number of fused-ring (bicyclic) bond motifs is 1. The van der Waals surface area contributed by atoms with E-state index >= 15 is 0 Å². The lowest BCUT2D eigenvalue weighted by atomic mass is 9.91. The number of primary amides is 1. The highest BCUT2D eigenvalue weighted by molar-refractivity contribution is 5.90. The van der Waals surface area contributed by atoms with Gasteiger partial charge in [-0.25, -0.2) is 0 Å². The number of nitrogens with zero attached hydrogens (tertiary/aromatic N) is 1. The molecular weight excluding hydrogens is 268 g/mol. The molecule has 2 rings (SSSR count). The van der Waals surface area contributed by atoms with E-state index in [0.29, 0.717) is 13.0 Å². The predicted molar refractivity (Wildman–Crippen MR) is 78.3 cm³/mol. The van der Waals surface area contributed by atoms with Gasteiger partial charge in [-0.3, -0.25) is 14.4 Å². The largest absolute Gasteiger partial charge is 0.368 e. The number of benzene rings is 1. The fraction of sp³-hybridized carbons (Fsp3) is 0.438. The Labute approximate surface area is 124 Å². The predicted octanol–water partition coefficient (Wildman–Crippen LogP) is 1.21. The Morgan fingerprint density at radius 2 is 2.00 bits per heavy atom. The molecule has 0 saturated carbocycles. The van der Waals surface area contributed by atoms with Crippen molar-refractivity contribution in [1.82, 2.24) is 4.90 Å². The van der Waals surface area contributed by atoms with Gasteiger partial charge in [-0.15, -0.1) is 0 Å². The van der Waals surface area contributed by atoms with Crippen LogP contribution < -0.4 is 5.73 Å². The average molecular weight is 288 g/mol. The van der Waals surface area contributed by atoms with Gasteiger partial charge in [0.25, 0.3) is 0 Å². The second-order valence-electron chi connectivity index (χ2n) is 5.56. The Morgan fingerprint density at radius 1 is 1.33 bits per heavy atom. The third kappa shape index (κ3) is 3.12. The first kappa shape index (κ1) is 15.2. The summed E-state index contributed by atoms with van der Waals surface area (Å²) in [5.41, 5.74) is 7.34. The molecule has 0 aliphatic carbocycles. The van der Waals surface area contributed by atoms with Crippen molar-refractivity contribution >= 4 is 17.6 Å². The highest BCUT2D eigenvalue weighted by Crippen LogP contribution is 2.30. The van der Waals surface area contributed by atoms with Gasteiger partial charge >= 0.3 is 0 Å². The number of hydrogen-bond acceptors (Lipinski definition) is 3. The zero-order valence-electron chi connectivity index (χ0n) is 12.3. The molecule has 5 nitrogen and oxygen atoms in total. The lowest BCUT2D eigenvalue weighted by molar-refractivity contribution is -0.142. The minimum Gasteiger partial charge on any atom is -0.368 e. The quantitative estimate of drug-likeness (QED) is 0.904. The van der Waals surface area contributed by atoms with Crippen LogP contribution in [0.15, 0.2) is 24.3 Å². The fourth-order valence-corrected chi connectivity index (χ4v) is 2.66. The maximum absolute atomic E-state index is 12.4. The Kier molecular flexibility index (Phi) is 4.40. The lowest BCUT2D eigenvalue weighted by Crippen LogP contribution is -2.46. The second-order valence-corrected chi connectivity index (χ2v) is 5.56. The first-order valence-electron chi connectivity index (χ1n) is 7.09. The Balaban J connectivity index is 2.26. The van der Waals surface area contributed by atoms with Crippen molar-refractivity contribution in [3.8, 4) is 0 Å². The summed E-state index contributed by atoms with van der Waals surface area (Å²) in [5.74, 6) is -1.11. The topological polar surface area (TPSA) is 80.5 Å². The van der Waals surface area contributed by atoms with Gasteiger partial charge in [-0.2, -0.15) is 0 Å². The van der Waals surface area contributed by atoms with Crippen molar-refractivity contribution in [3.05, 3.63) is 35.4 Å². The van der Waals surface area contributed by atoms with Crippen LogP contribution in [0.3, 0.4) is 0 Å². The van der Waals surface area contributed by atoms with Gasteiger partial charge in [0.05, 0.1) is 0 Å². The summed E-state index contributed by atoms with van der Waals surface area (Å²) in [4.78, 5) is 37.0. The molecule has 1 aromatic carbocycles. The van der Waals surface area contributed by atoms with Crippen molar-refractivity contribution in [2.75, 3.05) is 6.54 Å². The molecular formula is C16H20N2O3. The summed E-state index contributed by atoms with van der Waals surface area (Å²) in [6.45, 7) is 3.64. The molecule has 0 radical (unpaired) electrons. The third-order valence-electron chi connectivity index (χ3n) is 4.05. The summed E-state index contributed by atoms with van der Waals surface area (Å²) in [7, 11) is 0. The number of carbonyl (C=O) groups is 3. The molecule has 0 spiro atoms. The lowest BCUT2D eigenvalue weighted by Gasteiger charge is -2.36. The van der Waals surface area contributed by atoms with Crippen LogP contribution in [0.2, 0.25) is 0 Å². The van der Waals surface area contributed by atoms with Crippen LogP contribution in [0, 0.1) is 5.92 Å². The van der Waals surface area contributed by atoms with Crippen LogP contribution in [-0.2, 0) is 20.8 Å². The summed E-state index contributed by atoms with van der Waals surface area (Å²) >= 11 is 0. The normalized spacial score (nSPS) is 18.8. The van der Waals surface area contributed by atoms with Crippen LogP contribution in [0.5, 0.6) is 0 Å². The van der Waals surface area contributed by atoms with E-state index in [1.54, 1.807) is 6.92 Å². The van der Waals surface area contributed by atoms with E-state index < -0.39 is 11.9 Å². The number of nitrogens with two attached hydrogens (primary N) is 1. The maximum atomic E-state index is 12.4. The van der Waals surface area contributed by atoms with Gasteiger partial charge in [0.2, 0.25) is 11.8 Å². The third-order valence-corrected chi connectivity index (χ3v) is 4.05. The van der Waals surface area contributed by atoms with Crippen molar-refractivity contribution in [3.63, 3.8) is 0 Å². The number of amides is 2. The minimum atomic E-state index is -0.735. The van der Waals surface area contributed by atoms with E-state index in [1.165, 1.54) is 11.8 Å². The van der Waals surface area contributed by atoms with Crippen molar-refractivity contribution in [2.45, 2.75) is 32.7 Å². The van der Waals surface area contributed by atoms with Gasteiger partial charge in [-0.05, 0) is 24.5 Å². The molecule has 2 atom stereocenters. The van der Waals surface area contributed by atoms with Crippen molar-refractivity contribution < 1.29 is 14.4 Å². The molecule has 112 valence electrons. The van der Waals surface area contributed by atoms with Crippen LogP contribution in [0.4, 0.5) is 0 Å². The highest BCUT2D eigenvalue weighted by Gasteiger charge is 2.34. The van der Waals surface area contributed by atoms with Gasteiger partial charge in [0.1, 0.15) is 11.8 Å². The number of carbonyl (C=O) groups excluding carboxylic acids is 3. The SMILES string of the molecule is CC(=O)C(C)CC(=O)N1CCc2ccccc2C1C(N)=O. The maximum Gasteiger partial charge on any atom is 0.244 e. The van der Waals surface area contributed by atoms with Crippen LogP contribution in [-0.4, -0.2) is 29.0 Å². The Hall–Kier alpha value is -2.17. The van der Waals surface area contributed by atoms with E-state index in [4.69, 9.17) is 5.73 Å². The van der Waals surface area contributed by atoms with Gasteiger partial charge in [0, 0.05) is 18.9 Å². The van der Waals surface area contributed by atoms with E-state index in [-0.39, 0.29) is 24.0 Å². The Morgan fingerprint density at radius 3 is 2.62 bits per heavy atom. The molecule has 1 heterocycles. The average Bonchev–Trinajstić information content (AvgIpc) is 2.45. The van der Waals surface area contributed by atoms with Gasteiger partial charge in [0.15, 0.2) is 0 Å². The van der Waals surface area contributed by atoms with Gasteiger partial charge in [-0.1, -0.05) is 31.2 Å². The standard InChI is InChI=1S/C16H20N2O3/c1-10(11(2)19)9-14(20)18-8-7-12-5-3-4-6-13(12)15(18)16(17)21/h3-6,10,15H,7-9H2,1-2H3,(H2,17,21). The first-order chi connectivity index (χ1) is 9.91. The van der Waals surface area contributed by atoms with E-state index in [1.807, 2.05) is 24.3 Å². The first-order valence-corrected chi connectivity index (χ1v) is 7.09. The smallest absolute Gasteiger partial charge is 0.244 e. The fourth-order valence-electron chi connectivity index (χ4n) is 2.66. The molecule has 5 heteroatoms. The number of hydrogen-bond donors (Lipinski definition) is 1. The highest BCUT2D eigenvalue weighted by atomic mass is 16.2. The summed E-state index contributed by atoms with van der Waals surface area (Å²) in [5, 5.41) is 0. The molecule has 2 N–H and O–H groups in total. The van der Waals surface area contributed by atoms with Crippen LogP contribution >= 0.6 is 0 Å². The molecule has 1 aliphatic heterocycles. The summed E-state index contributed by atoms with van der Waals surface area (Å²) in [6, 6.07) is 6.79. The van der Waals surface area contributed by atoms with Crippen molar-refractivity contribution in [2.24, 2.45) is 11.7 Å². The Bertz CT molecular complexity index is 583.